The van der Waals surface area contributed by atoms with Gasteiger partial charge >= 0.3 is 0 Å². The molecule has 0 aliphatic carbocycles. The molecule has 3 heteroatoms. The smallest absolute Gasteiger partial charge is 0.236 e. The molecule has 0 aromatic rings. The summed E-state index contributed by atoms with van der Waals surface area (Å²) in [5, 5.41) is 8.26. The van der Waals surface area contributed by atoms with Crippen molar-refractivity contribution in [3.05, 3.63) is 6.42 Å². The van der Waals surface area contributed by atoms with Crippen molar-refractivity contribution in [2.45, 2.75) is 19.3 Å². The fourth-order valence-electron chi connectivity index (χ4n) is 1.17. The second-order valence-electron chi connectivity index (χ2n) is 2.61. The maximum atomic E-state index is 11.1. The van der Waals surface area contributed by atoms with Crippen LogP contribution in [0.25, 0.3) is 0 Å². The Morgan fingerprint density at radius 1 is 1.73 bits per heavy atom. The van der Waals surface area contributed by atoms with Gasteiger partial charge in [0.15, 0.2) is 0 Å². The molecule has 3 nitrogen and oxygen atoms in total. The molecule has 11 heavy (non-hydrogen) atoms. The highest BCUT2D eigenvalue weighted by Gasteiger charge is 2.15. The van der Waals surface area contributed by atoms with Gasteiger partial charge in [-0.2, -0.15) is 5.26 Å². The van der Waals surface area contributed by atoms with Gasteiger partial charge < -0.3 is 4.90 Å². The van der Waals surface area contributed by atoms with E-state index in [1.54, 1.807) is 4.90 Å². The fourth-order valence-corrected chi connectivity index (χ4v) is 1.17. The summed E-state index contributed by atoms with van der Waals surface area (Å²) >= 11 is 0. The monoisotopic (exact) mass is 151 g/mol. The van der Waals surface area contributed by atoms with Crippen LogP contribution in [0, 0.1) is 17.8 Å². The van der Waals surface area contributed by atoms with Crippen LogP contribution in [0.4, 0.5) is 0 Å². The molecule has 1 aliphatic rings. The van der Waals surface area contributed by atoms with Crippen molar-refractivity contribution in [3.8, 4) is 6.07 Å². The molecule has 1 amide bonds. The van der Waals surface area contributed by atoms with E-state index in [1.807, 2.05) is 6.07 Å². The van der Waals surface area contributed by atoms with Gasteiger partial charge in [-0.25, -0.2) is 0 Å². The van der Waals surface area contributed by atoms with Gasteiger partial charge in [-0.05, 0) is 19.3 Å². The first-order valence-electron chi connectivity index (χ1n) is 3.81. The molecule has 59 valence electrons. The zero-order valence-electron chi connectivity index (χ0n) is 6.42. The van der Waals surface area contributed by atoms with Crippen molar-refractivity contribution in [1.29, 1.82) is 5.26 Å². The number of likely N-dealkylation sites (tertiary alicyclic amines) is 1. The molecule has 0 bridgehead atoms. The molecule has 0 saturated carbocycles. The van der Waals surface area contributed by atoms with Gasteiger partial charge in [0.05, 0.1) is 6.07 Å². The molecule has 1 saturated heterocycles. The Labute approximate surface area is 66.6 Å². The lowest BCUT2D eigenvalue weighted by Gasteiger charge is -2.25. The Hall–Kier alpha value is -1.04. The van der Waals surface area contributed by atoms with Crippen molar-refractivity contribution in [2.24, 2.45) is 0 Å². The van der Waals surface area contributed by atoms with Crippen molar-refractivity contribution in [2.75, 3.05) is 13.1 Å². The van der Waals surface area contributed by atoms with Crippen LogP contribution in [0.3, 0.4) is 0 Å². The minimum absolute atomic E-state index is 0.0217. The van der Waals surface area contributed by atoms with Gasteiger partial charge in [-0.3, -0.25) is 4.79 Å². The second-order valence-corrected chi connectivity index (χ2v) is 2.61. The first-order valence-corrected chi connectivity index (χ1v) is 3.81. The summed E-state index contributed by atoms with van der Waals surface area (Å²) in [6, 6.07) is 1.86. The van der Waals surface area contributed by atoms with Crippen molar-refractivity contribution < 1.29 is 4.79 Å². The molecule has 1 fully saturated rings. The number of nitriles is 1. The maximum absolute atomic E-state index is 11.1. The first-order chi connectivity index (χ1) is 5.34. The molecule has 0 unspecified atom stereocenters. The van der Waals surface area contributed by atoms with Crippen LogP contribution in [-0.2, 0) is 4.79 Å². The number of rotatable bonds is 1. The Morgan fingerprint density at radius 2 is 2.55 bits per heavy atom. The van der Waals surface area contributed by atoms with Crippen molar-refractivity contribution >= 4 is 5.91 Å². The van der Waals surface area contributed by atoms with Crippen LogP contribution in [0.5, 0.6) is 0 Å². The first kappa shape index (κ1) is 8.06. The Morgan fingerprint density at radius 3 is 3.09 bits per heavy atom. The molecular formula is C8H11N2O. The van der Waals surface area contributed by atoms with Crippen LogP contribution >= 0.6 is 0 Å². The average Bonchev–Trinajstić information content (AvgIpc) is 2.07. The van der Waals surface area contributed by atoms with E-state index >= 15 is 0 Å². The number of carbonyl (C=O) groups excluding carboxylic acids is 1. The van der Waals surface area contributed by atoms with Crippen LogP contribution in [0.1, 0.15) is 19.3 Å². The Kier molecular flexibility index (Phi) is 2.91. The van der Waals surface area contributed by atoms with Crippen LogP contribution in [0.2, 0.25) is 0 Å². The normalized spacial score (nSPS) is 17.5. The van der Waals surface area contributed by atoms with Gasteiger partial charge in [0.25, 0.3) is 0 Å². The number of nitrogens with zero attached hydrogens (tertiary/aromatic N) is 2. The van der Waals surface area contributed by atoms with Gasteiger partial charge in [0.2, 0.25) is 5.91 Å². The van der Waals surface area contributed by atoms with E-state index in [9.17, 15) is 4.79 Å². The molecule has 1 heterocycles. The summed E-state index contributed by atoms with van der Waals surface area (Å²) in [5.74, 6) is -0.0385. The SMILES string of the molecule is N#CCC(=O)N1C[CH]CCC1. The predicted molar refractivity (Wildman–Crippen MR) is 40.3 cm³/mol. The van der Waals surface area contributed by atoms with Gasteiger partial charge in [0, 0.05) is 13.1 Å². The highest BCUT2D eigenvalue weighted by Crippen LogP contribution is 2.08. The minimum Gasteiger partial charge on any atom is -0.342 e. The zero-order chi connectivity index (χ0) is 8.10. The second kappa shape index (κ2) is 3.97. The largest absolute Gasteiger partial charge is 0.342 e. The van der Waals surface area contributed by atoms with E-state index < -0.39 is 0 Å². The van der Waals surface area contributed by atoms with Crippen LogP contribution < -0.4 is 0 Å². The molecule has 1 radical (unpaired) electrons. The van der Waals surface area contributed by atoms with E-state index in [4.69, 9.17) is 5.26 Å². The zero-order valence-corrected chi connectivity index (χ0v) is 6.42. The molecule has 0 aromatic carbocycles. The van der Waals surface area contributed by atoms with E-state index in [0.29, 0.717) is 0 Å². The quantitative estimate of drug-likeness (QED) is 0.554. The number of hydrogen-bond acceptors (Lipinski definition) is 2. The third kappa shape index (κ3) is 2.23. The third-order valence-electron chi connectivity index (χ3n) is 1.77. The lowest BCUT2D eigenvalue weighted by Crippen LogP contribution is -2.35. The van der Waals surface area contributed by atoms with Crippen LogP contribution in [-0.4, -0.2) is 23.9 Å². The van der Waals surface area contributed by atoms with Crippen LogP contribution in [0.15, 0.2) is 0 Å². The van der Waals surface area contributed by atoms with E-state index in [-0.39, 0.29) is 12.3 Å². The molecule has 1 rings (SSSR count). The van der Waals surface area contributed by atoms with E-state index in [1.165, 1.54) is 0 Å². The number of carbonyl (C=O) groups is 1. The summed E-state index contributed by atoms with van der Waals surface area (Å²) in [6.45, 7) is 1.54. The van der Waals surface area contributed by atoms with Crippen molar-refractivity contribution in [1.82, 2.24) is 4.90 Å². The van der Waals surface area contributed by atoms with Crippen molar-refractivity contribution in [3.63, 3.8) is 0 Å². The summed E-state index contributed by atoms with van der Waals surface area (Å²) in [6.07, 6.45) is 4.24. The molecular weight excluding hydrogens is 140 g/mol. The lowest BCUT2D eigenvalue weighted by atomic mass is 10.1. The highest BCUT2D eigenvalue weighted by atomic mass is 16.2. The summed E-state index contributed by atoms with van der Waals surface area (Å²) in [5.41, 5.74) is 0. The fraction of sp³-hybridized carbons (Fsp3) is 0.625. The lowest BCUT2D eigenvalue weighted by molar-refractivity contribution is -0.130. The van der Waals surface area contributed by atoms with E-state index in [0.717, 1.165) is 25.9 Å². The molecule has 0 spiro atoms. The van der Waals surface area contributed by atoms with Gasteiger partial charge in [-0.15, -0.1) is 0 Å². The molecule has 0 aromatic heterocycles. The maximum Gasteiger partial charge on any atom is 0.236 e. The highest BCUT2D eigenvalue weighted by molar-refractivity contribution is 5.78. The molecule has 0 atom stereocenters. The Bertz CT molecular complexity index is 177. The molecule has 1 aliphatic heterocycles. The Balaban J connectivity index is 2.34. The predicted octanol–water partition coefficient (Wildman–Crippen LogP) is 0.727. The minimum atomic E-state index is -0.0385. The number of piperidine rings is 1. The molecule has 0 N–H and O–H groups in total. The van der Waals surface area contributed by atoms with Gasteiger partial charge in [0.1, 0.15) is 6.42 Å². The number of amides is 1. The average molecular weight is 151 g/mol. The van der Waals surface area contributed by atoms with E-state index in [2.05, 4.69) is 6.42 Å². The summed E-state index contributed by atoms with van der Waals surface area (Å²) in [7, 11) is 0. The standard InChI is InChI=1S/C8H11N2O/c9-5-4-8(11)10-6-2-1-3-7-10/h2H,1,3-4,6-7H2. The number of hydrogen-bond donors (Lipinski definition) is 0. The topological polar surface area (TPSA) is 44.1 Å². The summed E-state index contributed by atoms with van der Waals surface area (Å²) < 4.78 is 0. The summed E-state index contributed by atoms with van der Waals surface area (Å²) in [4.78, 5) is 12.8. The van der Waals surface area contributed by atoms with Gasteiger partial charge in [-0.1, -0.05) is 0 Å². The third-order valence-corrected chi connectivity index (χ3v) is 1.77.